The molecule has 0 aliphatic carbocycles. The zero-order valence-electron chi connectivity index (χ0n) is 6.22. The van der Waals surface area contributed by atoms with Gasteiger partial charge in [-0.2, -0.15) is 5.10 Å². The Hall–Kier alpha value is -1.58. The van der Waals surface area contributed by atoms with Crippen LogP contribution in [0.3, 0.4) is 0 Å². The van der Waals surface area contributed by atoms with Crippen LogP contribution in [-0.2, 0) is 0 Å². The summed E-state index contributed by atoms with van der Waals surface area (Å²) in [4.78, 5) is 11.2. The summed E-state index contributed by atoms with van der Waals surface area (Å²) in [6, 6.07) is 0. The first kappa shape index (κ1) is 7.53. The maximum absolute atomic E-state index is 11.2. The predicted molar refractivity (Wildman–Crippen MR) is 42.1 cm³/mol. The Morgan fingerprint density at radius 3 is 2.82 bits per heavy atom. The van der Waals surface area contributed by atoms with Gasteiger partial charge in [-0.3, -0.25) is 9.89 Å². The van der Waals surface area contributed by atoms with Gasteiger partial charge in [0.1, 0.15) is 5.82 Å². The number of carbonyl (C=O) groups is 1. The highest BCUT2D eigenvalue weighted by molar-refractivity contribution is 6.10. The third-order valence-corrected chi connectivity index (χ3v) is 1.30. The van der Waals surface area contributed by atoms with Crippen LogP contribution >= 0.6 is 0 Å². The number of hydrogen-bond donors (Lipinski definition) is 2. The van der Waals surface area contributed by atoms with Crippen molar-refractivity contribution in [2.75, 3.05) is 5.73 Å². The zero-order valence-corrected chi connectivity index (χ0v) is 6.22. The normalized spacial score (nSPS) is 9.55. The van der Waals surface area contributed by atoms with Gasteiger partial charge in [0.25, 0.3) is 0 Å². The number of nitrogens with zero attached hydrogens (tertiary/aromatic N) is 1. The van der Waals surface area contributed by atoms with Crippen molar-refractivity contribution in [3.8, 4) is 0 Å². The van der Waals surface area contributed by atoms with Crippen molar-refractivity contribution in [2.24, 2.45) is 0 Å². The number of nitrogens with two attached hydrogens (primary N) is 1. The third kappa shape index (κ3) is 1.29. The molecule has 4 heteroatoms. The monoisotopic (exact) mass is 151 g/mol. The van der Waals surface area contributed by atoms with Crippen LogP contribution in [0, 0.1) is 0 Å². The molecular weight excluding hydrogens is 142 g/mol. The van der Waals surface area contributed by atoms with Crippen LogP contribution in [0.2, 0.25) is 0 Å². The van der Waals surface area contributed by atoms with Crippen molar-refractivity contribution in [2.45, 2.75) is 6.92 Å². The fourth-order valence-corrected chi connectivity index (χ4v) is 0.707. The van der Waals surface area contributed by atoms with Crippen LogP contribution in [0.5, 0.6) is 0 Å². The number of carbonyl (C=O) groups excluding carboxylic acids is 1. The van der Waals surface area contributed by atoms with Gasteiger partial charge in [0, 0.05) is 0 Å². The Labute approximate surface area is 64.1 Å². The lowest BCUT2D eigenvalue weighted by Crippen LogP contribution is -2.01. The van der Waals surface area contributed by atoms with Gasteiger partial charge < -0.3 is 5.73 Å². The smallest absolute Gasteiger partial charge is 0.193 e. The largest absolute Gasteiger partial charge is 0.383 e. The van der Waals surface area contributed by atoms with Crippen LogP contribution in [0.15, 0.2) is 18.3 Å². The summed E-state index contributed by atoms with van der Waals surface area (Å²) in [6.07, 6.45) is 1.40. The van der Waals surface area contributed by atoms with E-state index in [0.29, 0.717) is 11.1 Å². The van der Waals surface area contributed by atoms with Gasteiger partial charge in [0.2, 0.25) is 0 Å². The third-order valence-electron chi connectivity index (χ3n) is 1.30. The summed E-state index contributed by atoms with van der Waals surface area (Å²) in [7, 11) is 0. The Balaban J connectivity index is 3.02. The molecule has 0 atom stereocenters. The second-order valence-corrected chi connectivity index (χ2v) is 2.31. The van der Waals surface area contributed by atoms with Crippen molar-refractivity contribution >= 4 is 11.6 Å². The minimum atomic E-state index is -0.170. The van der Waals surface area contributed by atoms with Crippen LogP contribution in [-0.4, -0.2) is 16.0 Å². The number of anilines is 1. The summed E-state index contributed by atoms with van der Waals surface area (Å²) < 4.78 is 0. The minimum Gasteiger partial charge on any atom is -0.383 e. The van der Waals surface area contributed by atoms with E-state index in [1.165, 1.54) is 6.20 Å². The van der Waals surface area contributed by atoms with E-state index < -0.39 is 0 Å². The zero-order chi connectivity index (χ0) is 8.43. The van der Waals surface area contributed by atoms with Gasteiger partial charge in [-0.1, -0.05) is 6.58 Å². The number of nitrogen functional groups attached to an aromatic ring is 1. The molecule has 0 amide bonds. The minimum absolute atomic E-state index is 0.170. The molecule has 0 saturated carbocycles. The Morgan fingerprint density at radius 1 is 1.82 bits per heavy atom. The van der Waals surface area contributed by atoms with Crippen LogP contribution in [0.25, 0.3) is 0 Å². The molecule has 1 aromatic rings. The number of ketones is 1. The molecule has 58 valence electrons. The molecule has 0 bridgehead atoms. The summed E-state index contributed by atoms with van der Waals surface area (Å²) in [5.74, 6) is 0.120. The lowest BCUT2D eigenvalue weighted by Gasteiger charge is -1.94. The fourth-order valence-electron chi connectivity index (χ4n) is 0.707. The maximum Gasteiger partial charge on any atom is 0.193 e. The van der Waals surface area contributed by atoms with E-state index in [-0.39, 0.29) is 11.6 Å². The molecule has 1 heterocycles. The highest BCUT2D eigenvalue weighted by Crippen LogP contribution is 2.10. The van der Waals surface area contributed by atoms with E-state index >= 15 is 0 Å². The van der Waals surface area contributed by atoms with Gasteiger partial charge in [-0.05, 0) is 12.5 Å². The van der Waals surface area contributed by atoms with E-state index in [2.05, 4.69) is 16.8 Å². The molecule has 0 aliphatic heterocycles. The molecule has 4 nitrogen and oxygen atoms in total. The highest BCUT2D eigenvalue weighted by Gasteiger charge is 2.10. The number of nitrogens with one attached hydrogen (secondary N) is 1. The van der Waals surface area contributed by atoms with Crippen molar-refractivity contribution in [3.63, 3.8) is 0 Å². The highest BCUT2D eigenvalue weighted by atomic mass is 16.1. The molecule has 0 aromatic carbocycles. The van der Waals surface area contributed by atoms with Crippen LogP contribution in [0.1, 0.15) is 17.3 Å². The number of aromatic nitrogens is 2. The molecule has 1 rings (SSSR count). The second-order valence-electron chi connectivity index (χ2n) is 2.31. The number of hydrogen-bond acceptors (Lipinski definition) is 3. The van der Waals surface area contributed by atoms with Gasteiger partial charge in [-0.15, -0.1) is 0 Å². The maximum atomic E-state index is 11.2. The molecule has 11 heavy (non-hydrogen) atoms. The number of rotatable bonds is 2. The molecule has 0 radical (unpaired) electrons. The van der Waals surface area contributed by atoms with Crippen LogP contribution in [0.4, 0.5) is 5.82 Å². The van der Waals surface area contributed by atoms with Crippen LogP contribution < -0.4 is 5.73 Å². The first-order chi connectivity index (χ1) is 5.13. The Morgan fingerprint density at radius 2 is 2.45 bits per heavy atom. The van der Waals surface area contributed by atoms with E-state index in [0.717, 1.165) is 0 Å². The Kier molecular flexibility index (Phi) is 1.76. The topological polar surface area (TPSA) is 71.8 Å². The predicted octanol–water partition coefficient (Wildman–Crippen LogP) is 0.751. The van der Waals surface area contributed by atoms with Gasteiger partial charge in [-0.25, -0.2) is 0 Å². The fraction of sp³-hybridized carbons (Fsp3) is 0.143. The summed E-state index contributed by atoms with van der Waals surface area (Å²) in [5.41, 5.74) is 6.24. The molecule has 0 unspecified atom stereocenters. The summed E-state index contributed by atoms with van der Waals surface area (Å²) in [5, 5.41) is 6.08. The van der Waals surface area contributed by atoms with Gasteiger partial charge >= 0.3 is 0 Å². The van der Waals surface area contributed by atoms with Crippen molar-refractivity contribution < 1.29 is 4.79 Å². The first-order valence-electron chi connectivity index (χ1n) is 3.12. The van der Waals surface area contributed by atoms with E-state index in [1.807, 2.05) is 0 Å². The molecule has 3 N–H and O–H groups in total. The quantitative estimate of drug-likeness (QED) is 0.484. The Bertz CT molecular complexity index is 300. The van der Waals surface area contributed by atoms with E-state index in [4.69, 9.17) is 5.73 Å². The van der Waals surface area contributed by atoms with Gasteiger partial charge in [0.15, 0.2) is 5.78 Å². The molecule has 0 spiro atoms. The number of aromatic amines is 1. The summed E-state index contributed by atoms with van der Waals surface area (Å²) in [6.45, 7) is 5.14. The van der Waals surface area contributed by atoms with Crippen molar-refractivity contribution in [3.05, 3.63) is 23.9 Å². The standard InChI is InChI=1S/C7H9N3O/c1-4(2)6(11)5-3-9-10-7(5)8/h3H,1H2,2H3,(H3,8,9,10). The molecule has 0 aliphatic rings. The average molecular weight is 151 g/mol. The molecule has 1 aromatic heterocycles. The number of Topliss-reactive ketones (excluding diaryl/α,β-unsaturated/α-hetero) is 1. The number of allylic oxidation sites excluding steroid dienone is 1. The second kappa shape index (κ2) is 2.57. The van der Waals surface area contributed by atoms with Crippen molar-refractivity contribution in [1.82, 2.24) is 10.2 Å². The van der Waals surface area contributed by atoms with E-state index in [1.54, 1.807) is 6.92 Å². The molecular formula is C7H9N3O. The lowest BCUT2D eigenvalue weighted by atomic mass is 10.1. The SMILES string of the molecule is C=C(C)C(=O)c1cn[nH]c1N. The first-order valence-corrected chi connectivity index (χ1v) is 3.12. The van der Waals surface area contributed by atoms with Crippen molar-refractivity contribution in [1.29, 1.82) is 0 Å². The number of H-pyrrole nitrogens is 1. The van der Waals surface area contributed by atoms with E-state index in [9.17, 15) is 4.79 Å². The molecule has 0 saturated heterocycles. The molecule has 0 fully saturated rings. The summed E-state index contributed by atoms with van der Waals surface area (Å²) >= 11 is 0. The lowest BCUT2D eigenvalue weighted by molar-refractivity contribution is 0.103. The van der Waals surface area contributed by atoms with Gasteiger partial charge in [0.05, 0.1) is 11.8 Å². The average Bonchev–Trinajstić information content (AvgIpc) is 2.33.